The van der Waals surface area contributed by atoms with Gasteiger partial charge in [0.1, 0.15) is 5.75 Å². The Kier molecular flexibility index (Phi) is 8.80. The molecule has 0 bridgehead atoms. The van der Waals surface area contributed by atoms with E-state index < -0.39 is 0 Å². The number of likely N-dealkylation sites (N-methyl/N-ethyl adjacent to an activating group) is 1. The van der Waals surface area contributed by atoms with Gasteiger partial charge in [-0.25, -0.2) is 0 Å². The van der Waals surface area contributed by atoms with Gasteiger partial charge in [-0.1, -0.05) is 19.1 Å². The number of carbonyl (C=O) groups excluding carboxylic acids is 1. The Hall–Kier alpha value is -2.73. The molecule has 6 heteroatoms. The number of benzene rings is 2. The van der Waals surface area contributed by atoms with Gasteiger partial charge < -0.3 is 24.4 Å². The SMILES string of the molecule is CCCOc1ccc(C(=O)NC[C@H](c2ccc(OC)cc2)N(C)C)cc1OCC. The lowest BCUT2D eigenvalue weighted by molar-refractivity contribution is 0.0941. The molecule has 29 heavy (non-hydrogen) atoms. The predicted octanol–water partition coefficient (Wildman–Crippen LogP) is 3.92. The minimum atomic E-state index is -0.145. The van der Waals surface area contributed by atoms with Crippen LogP contribution in [0.25, 0.3) is 0 Å². The third-order valence-corrected chi connectivity index (χ3v) is 4.55. The van der Waals surface area contributed by atoms with Crippen molar-refractivity contribution in [3.8, 4) is 17.2 Å². The molecule has 1 atom stereocenters. The highest BCUT2D eigenvalue weighted by molar-refractivity contribution is 5.94. The molecule has 0 aromatic heterocycles. The van der Waals surface area contributed by atoms with E-state index in [2.05, 4.69) is 10.2 Å². The molecule has 0 aliphatic rings. The van der Waals surface area contributed by atoms with Crippen LogP contribution in [0.2, 0.25) is 0 Å². The first-order valence-electron chi connectivity index (χ1n) is 9.98. The molecular formula is C23H32N2O4. The summed E-state index contributed by atoms with van der Waals surface area (Å²) < 4.78 is 16.6. The van der Waals surface area contributed by atoms with Crippen LogP contribution in [-0.2, 0) is 0 Å². The van der Waals surface area contributed by atoms with Crippen LogP contribution in [0.4, 0.5) is 0 Å². The Bertz CT molecular complexity index is 775. The highest BCUT2D eigenvalue weighted by Gasteiger charge is 2.17. The topological polar surface area (TPSA) is 60.0 Å². The molecule has 0 spiro atoms. The van der Waals surface area contributed by atoms with Gasteiger partial charge in [-0.3, -0.25) is 4.79 Å². The summed E-state index contributed by atoms with van der Waals surface area (Å²) in [6.45, 7) is 5.56. The molecule has 0 heterocycles. The second-order valence-corrected chi connectivity index (χ2v) is 6.91. The summed E-state index contributed by atoms with van der Waals surface area (Å²) in [5.74, 6) is 1.92. The summed E-state index contributed by atoms with van der Waals surface area (Å²) in [4.78, 5) is 14.8. The standard InChI is InChI=1S/C23H32N2O4/c1-6-14-29-21-13-10-18(15-22(21)28-7-2)23(26)24-16-20(25(3)4)17-8-11-19(27-5)12-9-17/h8-13,15,20H,6-7,14,16H2,1-5H3,(H,24,26)/t20-/m1/s1. The molecule has 0 fully saturated rings. The van der Waals surface area contributed by atoms with Crippen molar-refractivity contribution < 1.29 is 19.0 Å². The van der Waals surface area contributed by atoms with Crippen molar-refractivity contribution in [2.75, 3.05) is 41.0 Å². The van der Waals surface area contributed by atoms with Gasteiger partial charge >= 0.3 is 0 Å². The van der Waals surface area contributed by atoms with Crippen molar-refractivity contribution >= 4 is 5.91 Å². The van der Waals surface area contributed by atoms with Gasteiger partial charge in [0, 0.05) is 12.1 Å². The molecule has 1 N–H and O–H groups in total. The molecular weight excluding hydrogens is 368 g/mol. The average Bonchev–Trinajstić information content (AvgIpc) is 2.73. The van der Waals surface area contributed by atoms with E-state index in [-0.39, 0.29) is 11.9 Å². The maximum Gasteiger partial charge on any atom is 0.251 e. The van der Waals surface area contributed by atoms with Gasteiger partial charge in [0.05, 0.1) is 26.4 Å². The fourth-order valence-corrected chi connectivity index (χ4v) is 2.96. The summed E-state index contributed by atoms with van der Waals surface area (Å²) in [5, 5.41) is 3.03. The second-order valence-electron chi connectivity index (χ2n) is 6.91. The van der Waals surface area contributed by atoms with Crippen molar-refractivity contribution in [3.63, 3.8) is 0 Å². The molecule has 1 amide bonds. The fourth-order valence-electron chi connectivity index (χ4n) is 2.96. The first-order chi connectivity index (χ1) is 14.0. The normalized spacial score (nSPS) is 11.8. The minimum Gasteiger partial charge on any atom is -0.497 e. The Morgan fingerprint density at radius 1 is 1.03 bits per heavy atom. The van der Waals surface area contributed by atoms with Crippen LogP contribution in [0.1, 0.15) is 42.2 Å². The number of hydrogen-bond donors (Lipinski definition) is 1. The maximum atomic E-state index is 12.7. The van der Waals surface area contributed by atoms with Crippen LogP contribution < -0.4 is 19.5 Å². The Morgan fingerprint density at radius 2 is 1.76 bits per heavy atom. The number of nitrogens with zero attached hydrogens (tertiary/aromatic N) is 1. The zero-order valence-corrected chi connectivity index (χ0v) is 18.0. The van der Waals surface area contributed by atoms with Gasteiger partial charge in [-0.2, -0.15) is 0 Å². The van der Waals surface area contributed by atoms with E-state index in [0.717, 1.165) is 17.7 Å². The quantitative estimate of drug-likeness (QED) is 0.620. The van der Waals surface area contributed by atoms with Gasteiger partial charge in [0.25, 0.3) is 5.91 Å². The van der Waals surface area contributed by atoms with Crippen molar-refractivity contribution in [1.29, 1.82) is 0 Å². The van der Waals surface area contributed by atoms with Crippen molar-refractivity contribution in [3.05, 3.63) is 53.6 Å². The summed E-state index contributed by atoms with van der Waals surface area (Å²) in [5.41, 5.74) is 1.65. The van der Waals surface area contributed by atoms with Crippen LogP contribution in [0.15, 0.2) is 42.5 Å². The molecule has 2 aromatic rings. The molecule has 2 rings (SSSR count). The molecule has 0 unspecified atom stereocenters. The van der Waals surface area contributed by atoms with E-state index in [1.165, 1.54) is 0 Å². The van der Waals surface area contributed by atoms with Crippen molar-refractivity contribution in [2.24, 2.45) is 0 Å². The molecule has 0 radical (unpaired) electrons. The van der Waals surface area contributed by atoms with Crippen LogP contribution >= 0.6 is 0 Å². The third kappa shape index (κ3) is 6.39. The van der Waals surface area contributed by atoms with Crippen molar-refractivity contribution in [2.45, 2.75) is 26.3 Å². The van der Waals surface area contributed by atoms with E-state index in [4.69, 9.17) is 14.2 Å². The van der Waals surface area contributed by atoms with E-state index >= 15 is 0 Å². The lowest BCUT2D eigenvalue weighted by atomic mass is 10.1. The minimum absolute atomic E-state index is 0.0448. The smallest absolute Gasteiger partial charge is 0.251 e. The number of carbonyl (C=O) groups is 1. The van der Waals surface area contributed by atoms with Gasteiger partial charge in [-0.05, 0) is 63.3 Å². The zero-order valence-electron chi connectivity index (χ0n) is 18.0. The van der Waals surface area contributed by atoms with E-state index in [1.54, 1.807) is 25.3 Å². The van der Waals surface area contributed by atoms with Crippen LogP contribution in [0, 0.1) is 0 Å². The van der Waals surface area contributed by atoms with E-state index in [1.807, 2.05) is 52.2 Å². The number of nitrogens with one attached hydrogen (secondary N) is 1. The van der Waals surface area contributed by atoms with Crippen LogP contribution in [-0.4, -0.2) is 51.8 Å². The fraction of sp³-hybridized carbons (Fsp3) is 0.435. The molecule has 158 valence electrons. The first-order valence-corrected chi connectivity index (χ1v) is 9.98. The van der Waals surface area contributed by atoms with Crippen LogP contribution in [0.5, 0.6) is 17.2 Å². The molecule has 0 saturated heterocycles. The van der Waals surface area contributed by atoms with E-state index in [0.29, 0.717) is 36.8 Å². The predicted molar refractivity (Wildman–Crippen MR) is 115 cm³/mol. The molecule has 0 aliphatic carbocycles. The maximum absolute atomic E-state index is 12.7. The molecule has 2 aromatic carbocycles. The number of amides is 1. The molecule has 0 aliphatic heterocycles. The number of ether oxygens (including phenoxy) is 3. The summed E-state index contributed by atoms with van der Waals surface area (Å²) in [6, 6.07) is 13.2. The van der Waals surface area contributed by atoms with E-state index in [9.17, 15) is 4.79 Å². The van der Waals surface area contributed by atoms with Gasteiger partial charge in [0.15, 0.2) is 11.5 Å². The molecule has 0 saturated carbocycles. The average molecular weight is 401 g/mol. The number of hydrogen-bond acceptors (Lipinski definition) is 5. The summed E-state index contributed by atoms with van der Waals surface area (Å²) in [6.07, 6.45) is 0.908. The monoisotopic (exact) mass is 400 g/mol. The second kappa shape index (κ2) is 11.3. The first kappa shape index (κ1) is 22.6. The summed E-state index contributed by atoms with van der Waals surface area (Å²) >= 11 is 0. The van der Waals surface area contributed by atoms with Crippen LogP contribution in [0.3, 0.4) is 0 Å². The highest BCUT2D eigenvalue weighted by atomic mass is 16.5. The highest BCUT2D eigenvalue weighted by Crippen LogP contribution is 2.29. The Balaban J connectivity index is 2.09. The lowest BCUT2D eigenvalue weighted by Crippen LogP contribution is -2.34. The molecule has 6 nitrogen and oxygen atoms in total. The van der Waals surface area contributed by atoms with Gasteiger partial charge in [0.2, 0.25) is 0 Å². The number of methoxy groups -OCH3 is 1. The number of rotatable bonds is 11. The largest absolute Gasteiger partial charge is 0.497 e. The lowest BCUT2D eigenvalue weighted by Gasteiger charge is -2.25. The Labute approximate surface area is 173 Å². The summed E-state index contributed by atoms with van der Waals surface area (Å²) in [7, 11) is 5.63. The van der Waals surface area contributed by atoms with Gasteiger partial charge in [-0.15, -0.1) is 0 Å². The van der Waals surface area contributed by atoms with Crippen molar-refractivity contribution in [1.82, 2.24) is 10.2 Å². The third-order valence-electron chi connectivity index (χ3n) is 4.55. The Morgan fingerprint density at radius 3 is 2.34 bits per heavy atom. The zero-order chi connectivity index (χ0) is 21.2.